The molecule has 0 N–H and O–H groups in total. The summed E-state index contributed by atoms with van der Waals surface area (Å²) in [5.74, 6) is 0.612. The summed E-state index contributed by atoms with van der Waals surface area (Å²) in [6.07, 6.45) is 3.45. The second-order valence-corrected chi connectivity index (χ2v) is 3.74. The fourth-order valence-corrected chi connectivity index (χ4v) is 0.651. The molecule has 0 bridgehead atoms. The first kappa shape index (κ1) is 10.4. The molecule has 0 unspecified atom stereocenters. The molecule has 0 aromatic rings. The molecule has 0 spiro atoms. The number of hydrogen-bond acceptors (Lipinski definition) is 1. The van der Waals surface area contributed by atoms with Crippen LogP contribution in [0.25, 0.3) is 0 Å². The number of carbonyl (C=O) groups is 1. The number of allylic oxidation sites excluding steroid dienone is 2. The molecule has 0 saturated heterocycles. The highest BCUT2D eigenvalue weighted by atomic mass is 16.1. The standard InChI is InChI=1S/C10H18O/c1-6-7-9(11)10(4,5)8(2)3/h6-8H,1-5H3. The van der Waals surface area contributed by atoms with E-state index in [4.69, 9.17) is 0 Å². The van der Waals surface area contributed by atoms with Crippen molar-refractivity contribution in [3.63, 3.8) is 0 Å². The largest absolute Gasteiger partial charge is 0.294 e. The van der Waals surface area contributed by atoms with Gasteiger partial charge < -0.3 is 0 Å². The first-order valence-electron chi connectivity index (χ1n) is 4.10. The van der Waals surface area contributed by atoms with Crippen molar-refractivity contribution < 1.29 is 4.79 Å². The Morgan fingerprint density at radius 2 is 1.82 bits per heavy atom. The third-order valence-corrected chi connectivity index (χ3v) is 2.40. The van der Waals surface area contributed by atoms with E-state index < -0.39 is 0 Å². The SMILES string of the molecule is CC=CC(=O)C(C)(C)C(C)C. The van der Waals surface area contributed by atoms with Gasteiger partial charge >= 0.3 is 0 Å². The van der Waals surface area contributed by atoms with Crippen molar-refractivity contribution >= 4 is 5.78 Å². The number of hydrogen-bond donors (Lipinski definition) is 0. The molecule has 0 aromatic heterocycles. The average Bonchev–Trinajstić information content (AvgIpc) is 1.88. The smallest absolute Gasteiger partial charge is 0.161 e. The lowest BCUT2D eigenvalue weighted by Gasteiger charge is -2.25. The van der Waals surface area contributed by atoms with E-state index in [0.717, 1.165) is 0 Å². The zero-order valence-electron chi connectivity index (χ0n) is 8.14. The van der Waals surface area contributed by atoms with Gasteiger partial charge in [0.05, 0.1) is 0 Å². The van der Waals surface area contributed by atoms with Gasteiger partial charge in [-0.05, 0) is 18.9 Å². The van der Waals surface area contributed by atoms with Crippen molar-refractivity contribution in [2.45, 2.75) is 34.6 Å². The summed E-state index contributed by atoms with van der Waals surface area (Å²) in [4.78, 5) is 11.4. The Balaban J connectivity index is 4.42. The highest BCUT2D eigenvalue weighted by Gasteiger charge is 2.28. The molecule has 0 aliphatic rings. The zero-order chi connectivity index (χ0) is 9.07. The molecule has 64 valence electrons. The molecule has 0 atom stereocenters. The van der Waals surface area contributed by atoms with E-state index in [1.165, 1.54) is 0 Å². The van der Waals surface area contributed by atoms with Crippen LogP contribution < -0.4 is 0 Å². The second kappa shape index (κ2) is 3.70. The van der Waals surface area contributed by atoms with Crippen LogP contribution in [0, 0.1) is 11.3 Å². The highest BCUT2D eigenvalue weighted by molar-refractivity contribution is 5.94. The van der Waals surface area contributed by atoms with Crippen LogP contribution in [-0.2, 0) is 4.79 Å². The van der Waals surface area contributed by atoms with Gasteiger partial charge in [0.1, 0.15) is 0 Å². The van der Waals surface area contributed by atoms with Gasteiger partial charge in [0.15, 0.2) is 5.78 Å². The summed E-state index contributed by atoms with van der Waals surface area (Å²) in [7, 11) is 0. The summed E-state index contributed by atoms with van der Waals surface area (Å²) in [6, 6.07) is 0. The minimum absolute atomic E-state index is 0.216. The molecule has 0 radical (unpaired) electrons. The first-order valence-corrected chi connectivity index (χ1v) is 4.10. The molecule has 0 aromatic carbocycles. The predicted octanol–water partition coefficient (Wildman–Crippen LogP) is 2.81. The third-order valence-electron chi connectivity index (χ3n) is 2.40. The van der Waals surface area contributed by atoms with E-state index in [1.807, 2.05) is 20.8 Å². The maximum Gasteiger partial charge on any atom is 0.161 e. The van der Waals surface area contributed by atoms with Crippen LogP contribution in [0.1, 0.15) is 34.6 Å². The molecular weight excluding hydrogens is 136 g/mol. The van der Waals surface area contributed by atoms with Crippen molar-refractivity contribution in [2.24, 2.45) is 11.3 Å². The average molecular weight is 154 g/mol. The lowest BCUT2D eigenvalue weighted by molar-refractivity contribution is -0.124. The fourth-order valence-electron chi connectivity index (χ4n) is 0.651. The van der Waals surface area contributed by atoms with Crippen molar-refractivity contribution in [2.75, 3.05) is 0 Å². The fraction of sp³-hybridized carbons (Fsp3) is 0.700. The molecule has 0 rings (SSSR count). The molecule has 0 amide bonds. The van der Waals surface area contributed by atoms with E-state index in [1.54, 1.807) is 12.2 Å². The van der Waals surface area contributed by atoms with Gasteiger partial charge in [-0.2, -0.15) is 0 Å². The van der Waals surface area contributed by atoms with Crippen LogP contribution in [0.15, 0.2) is 12.2 Å². The lowest BCUT2D eigenvalue weighted by atomic mass is 9.77. The zero-order valence-corrected chi connectivity index (χ0v) is 8.14. The Bertz CT molecular complexity index is 164. The monoisotopic (exact) mass is 154 g/mol. The minimum atomic E-state index is -0.216. The van der Waals surface area contributed by atoms with Crippen LogP contribution in [0.2, 0.25) is 0 Å². The van der Waals surface area contributed by atoms with Crippen LogP contribution in [-0.4, -0.2) is 5.78 Å². The van der Waals surface area contributed by atoms with E-state index in [9.17, 15) is 4.79 Å². The van der Waals surface area contributed by atoms with Crippen LogP contribution in [0.3, 0.4) is 0 Å². The summed E-state index contributed by atoms with van der Waals surface area (Å²) >= 11 is 0. The van der Waals surface area contributed by atoms with Gasteiger partial charge in [0.25, 0.3) is 0 Å². The van der Waals surface area contributed by atoms with Crippen molar-refractivity contribution in [1.82, 2.24) is 0 Å². The van der Waals surface area contributed by atoms with E-state index in [2.05, 4.69) is 13.8 Å². The Morgan fingerprint density at radius 3 is 2.09 bits per heavy atom. The molecule has 0 aliphatic carbocycles. The van der Waals surface area contributed by atoms with Gasteiger partial charge in [0, 0.05) is 5.41 Å². The predicted molar refractivity (Wildman–Crippen MR) is 48.4 cm³/mol. The Hall–Kier alpha value is -0.590. The summed E-state index contributed by atoms with van der Waals surface area (Å²) < 4.78 is 0. The Kier molecular flexibility index (Phi) is 3.50. The van der Waals surface area contributed by atoms with Crippen molar-refractivity contribution in [1.29, 1.82) is 0 Å². The minimum Gasteiger partial charge on any atom is -0.294 e. The number of ketones is 1. The van der Waals surface area contributed by atoms with Gasteiger partial charge in [0.2, 0.25) is 0 Å². The Morgan fingerprint density at radius 1 is 1.36 bits per heavy atom. The lowest BCUT2D eigenvalue weighted by Crippen LogP contribution is -2.28. The van der Waals surface area contributed by atoms with Gasteiger partial charge in [-0.3, -0.25) is 4.79 Å². The highest BCUT2D eigenvalue weighted by Crippen LogP contribution is 2.27. The molecule has 1 nitrogen and oxygen atoms in total. The first-order chi connectivity index (χ1) is 4.92. The molecule has 11 heavy (non-hydrogen) atoms. The van der Waals surface area contributed by atoms with Crippen LogP contribution in [0.4, 0.5) is 0 Å². The van der Waals surface area contributed by atoms with Crippen molar-refractivity contribution in [3.05, 3.63) is 12.2 Å². The van der Waals surface area contributed by atoms with Gasteiger partial charge in [-0.1, -0.05) is 33.8 Å². The maximum absolute atomic E-state index is 11.4. The summed E-state index contributed by atoms with van der Waals surface area (Å²) in [6.45, 7) is 9.98. The van der Waals surface area contributed by atoms with Crippen molar-refractivity contribution in [3.8, 4) is 0 Å². The van der Waals surface area contributed by atoms with Crippen LogP contribution >= 0.6 is 0 Å². The summed E-state index contributed by atoms with van der Waals surface area (Å²) in [5, 5.41) is 0. The van der Waals surface area contributed by atoms with E-state index >= 15 is 0 Å². The molecule has 0 aliphatic heterocycles. The molecule has 0 fully saturated rings. The van der Waals surface area contributed by atoms with Crippen LogP contribution in [0.5, 0.6) is 0 Å². The molecule has 0 saturated carbocycles. The van der Waals surface area contributed by atoms with E-state index in [0.29, 0.717) is 5.92 Å². The summed E-state index contributed by atoms with van der Waals surface area (Å²) in [5.41, 5.74) is -0.216. The number of rotatable bonds is 3. The van der Waals surface area contributed by atoms with Gasteiger partial charge in [-0.25, -0.2) is 0 Å². The third kappa shape index (κ3) is 2.49. The quantitative estimate of drug-likeness (QED) is 0.571. The normalized spacial score (nSPS) is 12.9. The molecule has 0 heterocycles. The number of carbonyl (C=O) groups excluding carboxylic acids is 1. The second-order valence-electron chi connectivity index (χ2n) is 3.74. The topological polar surface area (TPSA) is 17.1 Å². The van der Waals surface area contributed by atoms with E-state index in [-0.39, 0.29) is 11.2 Å². The maximum atomic E-state index is 11.4. The molecule has 1 heteroatoms. The van der Waals surface area contributed by atoms with Gasteiger partial charge in [-0.15, -0.1) is 0 Å². The Labute approximate surface area is 69.5 Å². The molecular formula is C10H18O.